The molecule has 1 aromatic carbocycles. The fourth-order valence-corrected chi connectivity index (χ4v) is 1.61. The molecule has 1 atom stereocenters. The number of carbonyl (C=O) groups excluding carboxylic acids is 1. The lowest BCUT2D eigenvalue weighted by Crippen LogP contribution is -2.31. The minimum atomic E-state index is -1.11. The van der Waals surface area contributed by atoms with Crippen molar-refractivity contribution in [3.63, 3.8) is 0 Å². The Balaban J connectivity index is 2.81. The number of hydrogen-bond acceptors (Lipinski definition) is 4. The van der Waals surface area contributed by atoms with E-state index in [9.17, 15) is 13.6 Å². The highest BCUT2D eigenvalue weighted by Gasteiger charge is 2.24. The van der Waals surface area contributed by atoms with Crippen molar-refractivity contribution in [2.24, 2.45) is 5.11 Å². The van der Waals surface area contributed by atoms with E-state index >= 15 is 0 Å². The first-order valence-electron chi connectivity index (χ1n) is 5.87. The molecule has 0 aromatic heterocycles. The maximum atomic E-state index is 13.7. The van der Waals surface area contributed by atoms with Crippen LogP contribution in [0, 0.1) is 11.6 Å². The van der Waals surface area contributed by atoms with Gasteiger partial charge in [0.15, 0.2) is 0 Å². The molecule has 0 aliphatic carbocycles. The van der Waals surface area contributed by atoms with Crippen molar-refractivity contribution in [3.8, 4) is 0 Å². The molecule has 1 rings (SSSR count). The molecule has 0 amide bonds. The van der Waals surface area contributed by atoms with E-state index in [1.807, 2.05) is 0 Å². The van der Waals surface area contributed by atoms with E-state index in [2.05, 4.69) is 20.1 Å². The normalized spacial score (nSPS) is 11.6. The van der Waals surface area contributed by atoms with Gasteiger partial charge in [-0.1, -0.05) is 5.11 Å². The van der Waals surface area contributed by atoms with Gasteiger partial charge in [-0.2, -0.15) is 0 Å². The molecule has 0 saturated carbocycles. The van der Waals surface area contributed by atoms with Crippen LogP contribution < -0.4 is 5.32 Å². The summed E-state index contributed by atoms with van der Waals surface area (Å²) >= 11 is 0. The van der Waals surface area contributed by atoms with Crippen LogP contribution in [0.5, 0.6) is 0 Å². The van der Waals surface area contributed by atoms with Gasteiger partial charge >= 0.3 is 5.97 Å². The number of carbonyl (C=O) groups is 1. The number of rotatable bonds is 7. The third-order valence-corrected chi connectivity index (χ3v) is 2.55. The second-order valence-corrected chi connectivity index (χ2v) is 3.88. The molecule has 0 heterocycles. The van der Waals surface area contributed by atoms with Gasteiger partial charge in [0.2, 0.25) is 0 Å². The average Bonchev–Trinajstić information content (AvgIpc) is 2.45. The Bertz CT molecular complexity index is 518. The van der Waals surface area contributed by atoms with Crippen molar-refractivity contribution in [2.45, 2.75) is 12.5 Å². The second-order valence-electron chi connectivity index (χ2n) is 3.88. The van der Waals surface area contributed by atoms with Gasteiger partial charge in [-0.15, -0.1) is 0 Å². The van der Waals surface area contributed by atoms with Crippen molar-refractivity contribution < 1.29 is 18.3 Å². The molecule has 0 radical (unpaired) electrons. The van der Waals surface area contributed by atoms with Gasteiger partial charge in [0.05, 0.1) is 7.11 Å². The topological polar surface area (TPSA) is 87.1 Å². The number of ether oxygens (including phenoxy) is 1. The summed E-state index contributed by atoms with van der Waals surface area (Å²) in [5.41, 5.74) is 7.99. The van der Waals surface area contributed by atoms with Crippen molar-refractivity contribution in [3.05, 3.63) is 45.8 Å². The molecule has 108 valence electrons. The minimum Gasteiger partial charge on any atom is -0.468 e. The van der Waals surface area contributed by atoms with Crippen molar-refractivity contribution in [2.75, 3.05) is 20.2 Å². The summed E-state index contributed by atoms with van der Waals surface area (Å²) in [6.45, 7) is 0.526. The van der Waals surface area contributed by atoms with Crippen LogP contribution in [0.25, 0.3) is 10.4 Å². The zero-order valence-electron chi connectivity index (χ0n) is 10.8. The van der Waals surface area contributed by atoms with Gasteiger partial charge in [0.1, 0.15) is 17.7 Å². The van der Waals surface area contributed by atoms with E-state index in [-0.39, 0.29) is 18.7 Å². The number of benzene rings is 1. The number of azide groups is 1. The van der Waals surface area contributed by atoms with Crippen LogP contribution in [0.2, 0.25) is 0 Å². The summed E-state index contributed by atoms with van der Waals surface area (Å²) in [6, 6.07) is 1.75. The highest BCUT2D eigenvalue weighted by Crippen LogP contribution is 2.19. The summed E-state index contributed by atoms with van der Waals surface area (Å²) in [5.74, 6) is -2.08. The fourth-order valence-electron chi connectivity index (χ4n) is 1.61. The molecular formula is C12H14F2N4O2. The molecule has 0 saturated heterocycles. The van der Waals surface area contributed by atoms with E-state index in [1.165, 1.54) is 0 Å². The van der Waals surface area contributed by atoms with Gasteiger partial charge in [0.25, 0.3) is 0 Å². The zero-order valence-corrected chi connectivity index (χ0v) is 10.8. The minimum absolute atomic E-state index is 0.124. The van der Waals surface area contributed by atoms with Crippen LogP contribution >= 0.6 is 0 Å². The Morgan fingerprint density at radius 3 is 2.95 bits per heavy atom. The Labute approximate surface area is 114 Å². The van der Waals surface area contributed by atoms with Crippen LogP contribution in [0.1, 0.15) is 18.0 Å². The number of halogens is 2. The van der Waals surface area contributed by atoms with Gasteiger partial charge in [-0.25, -0.2) is 13.6 Å². The Hall–Kier alpha value is -2.18. The van der Waals surface area contributed by atoms with E-state index in [4.69, 9.17) is 5.53 Å². The van der Waals surface area contributed by atoms with E-state index in [1.54, 1.807) is 0 Å². The first-order chi connectivity index (χ1) is 9.60. The third-order valence-electron chi connectivity index (χ3n) is 2.55. The summed E-state index contributed by atoms with van der Waals surface area (Å²) in [5, 5.41) is 6.08. The quantitative estimate of drug-likeness (QED) is 0.274. The molecule has 0 aliphatic rings. The molecule has 0 bridgehead atoms. The number of methoxy groups -OCH3 is 1. The Morgan fingerprint density at radius 2 is 2.30 bits per heavy atom. The predicted octanol–water partition coefficient (Wildman–Crippen LogP) is 2.47. The number of nitrogens with one attached hydrogen (secondary N) is 1. The standard InChI is InChI=1S/C12H14F2N4O2/c1-20-12(19)11(16-5-2-6-17-18-15)9-7-8(13)3-4-10(9)14/h3-4,7,11,16H,2,5-6H2,1H3. The molecule has 1 N–H and O–H groups in total. The van der Waals surface area contributed by atoms with Gasteiger partial charge in [0, 0.05) is 17.0 Å². The van der Waals surface area contributed by atoms with Gasteiger partial charge in [-0.05, 0) is 36.7 Å². The van der Waals surface area contributed by atoms with Crippen LogP contribution in [-0.4, -0.2) is 26.2 Å². The second kappa shape index (κ2) is 8.08. The van der Waals surface area contributed by atoms with Crippen LogP contribution in [0.15, 0.2) is 23.3 Å². The maximum Gasteiger partial charge on any atom is 0.327 e. The SMILES string of the molecule is COC(=O)C(NCCCN=[N+]=[N-])c1cc(F)ccc1F. The lowest BCUT2D eigenvalue weighted by atomic mass is 10.1. The molecule has 1 aromatic rings. The first-order valence-corrected chi connectivity index (χ1v) is 5.87. The molecule has 8 heteroatoms. The van der Waals surface area contributed by atoms with Gasteiger partial charge in [-0.3, -0.25) is 0 Å². The van der Waals surface area contributed by atoms with Crippen molar-refractivity contribution in [1.82, 2.24) is 5.32 Å². The highest BCUT2D eigenvalue weighted by atomic mass is 19.1. The highest BCUT2D eigenvalue weighted by molar-refractivity contribution is 5.77. The first kappa shape index (κ1) is 15.9. The number of esters is 1. The summed E-state index contributed by atoms with van der Waals surface area (Å²) in [4.78, 5) is 14.2. The van der Waals surface area contributed by atoms with Gasteiger partial charge < -0.3 is 10.1 Å². The van der Waals surface area contributed by atoms with E-state index < -0.39 is 23.6 Å². The lowest BCUT2D eigenvalue weighted by Gasteiger charge is -2.17. The molecule has 0 spiro atoms. The number of nitrogens with zero attached hydrogens (tertiary/aromatic N) is 3. The van der Waals surface area contributed by atoms with E-state index in [0.717, 1.165) is 25.3 Å². The largest absolute Gasteiger partial charge is 0.468 e. The zero-order chi connectivity index (χ0) is 15.0. The lowest BCUT2D eigenvalue weighted by molar-refractivity contribution is -0.143. The predicted molar refractivity (Wildman–Crippen MR) is 67.7 cm³/mol. The molecule has 6 nitrogen and oxygen atoms in total. The van der Waals surface area contributed by atoms with Crippen LogP contribution in [-0.2, 0) is 9.53 Å². The number of hydrogen-bond donors (Lipinski definition) is 1. The Kier molecular flexibility index (Phi) is 6.42. The monoisotopic (exact) mass is 284 g/mol. The smallest absolute Gasteiger partial charge is 0.327 e. The third kappa shape index (κ3) is 4.49. The maximum absolute atomic E-state index is 13.7. The van der Waals surface area contributed by atoms with Crippen LogP contribution in [0.3, 0.4) is 0 Å². The molecular weight excluding hydrogens is 270 g/mol. The molecule has 20 heavy (non-hydrogen) atoms. The summed E-state index contributed by atoms with van der Waals surface area (Å²) in [7, 11) is 1.16. The summed E-state index contributed by atoms with van der Waals surface area (Å²) < 4.78 is 31.4. The van der Waals surface area contributed by atoms with E-state index in [0.29, 0.717) is 6.42 Å². The van der Waals surface area contributed by atoms with Crippen molar-refractivity contribution in [1.29, 1.82) is 0 Å². The van der Waals surface area contributed by atoms with Crippen molar-refractivity contribution >= 4 is 5.97 Å². The molecule has 0 aliphatic heterocycles. The molecule has 0 fully saturated rings. The molecule has 1 unspecified atom stereocenters. The summed E-state index contributed by atoms with van der Waals surface area (Å²) in [6.07, 6.45) is 0.453. The average molecular weight is 284 g/mol. The fraction of sp³-hybridized carbons (Fsp3) is 0.417. The van der Waals surface area contributed by atoms with Crippen LogP contribution in [0.4, 0.5) is 8.78 Å². The Morgan fingerprint density at radius 1 is 1.55 bits per heavy atom.